The fourth-order valence-electron chi connectivity index (χ4n) is 1.25. The molecule has 0 atom stereocenters. The van der Waals surface area contributed by atoms with E-state index in [-0.39, 0.29) is 0 Å². The molecule has 0 unspecified atom stereocenters. The molecule has 1 rings (SSSR count). The second-order valence-corrected chi connectivity index (χ2v) is 4.84. The highest BCUT2D eigenvalue weighted by molar-refractivity contribution is 6.27. The topological polar surface area (TPSA) is 108 Å². The smallest absolute Gasteiger partial charge is 0.414 e. The minimum absolute atomic E-state index is 0.399. The maximum absolute atomic E-state index is 9.10. The number of nitrogens with one attached hydrogen (secondary N) is 1. The minimum Gasteiger partial charge on any atom is -0.486 e. The van der Waals surface area contributed by atoms with E-state index in [0.29, 0.717) is 11.6 Å². The number of hydrogen-bond donors (Lipinski definition) is 3. The summed E-state index contributed by atoms with van der Waals surface area (Å²) in [6, 6.07) is 0. The number of ether oxygens (including phenoxy) is 1. The van der Waals surface area contributed by atoms with Gasteiger partial charge >= 0.3 is 11.9 Å². The molecular weight excluding hydrogens is 238 g/mol. The van der Waals surface area contributed by atoms with Gasteiger partial charge < -0.3 is 20.4 Å². The summed E-state index contributed by atoms with van der Waals surface area (Å²) in [7, 11) is 0. The van der Waals surface area contributed by atoms with E-state index in [1.165, 1.54) is 0 Å². The second kappa shape index (κ2) is 6.18. The number of aliphatic carboxylic acids is 2. The molecule has 0 saturated heterocycles. The minimum atomic E-state index is -1.82. The molecule has 0 saturated carbocycles. The van der Waals surface area contributed by atoms with Gasteiger partial charge in [0.15, 0.2) is 0 Å². The number of hydrogen-bond acceptors (Lipinski definition) is 4. The van der Waals surface area contributed by atoms with Gasteiger partial charge in [0, 0.05) is 12.5 Å². The summed E-state index contributed by atoms with van der Waals surface area (Å²) in [5.41, 5.74) is 0.183. The Balaban J connectivity index is 0.000000411. The van der Waals surface area contributed by atoms with Crippen LogP contribution in [-0.2, 0) is 14.3 Å². The van der Waals surface area contributed by atoms with Gasteiger partial charge in [-0.05, 0) is 19.8 Å². The Morgan fingerprint density at radius 1 is 1.33 bits per heavy atom. The largest absolute Gasteiger partial charge is 0.486 e. The fraction of sp³-hybridized carbons (Fsp3) is 0.583. The summed E-state index contributed by atoms with van der Waals surface area (Å²) >= 11 is 0. The van der Waals surface area contributed by atoms with Gasteiger partial charge in [0.1, 0.15) is 5.60 Å². The lowest BCUT2D eigenvalue weighted by Gasteiger charge is -2.20. The Hall–Kier alpha value is -1.85. The average molecular weight is 257 g/mol. The van der Waals surface area contributed by atoms with Gasteiger partial charge in [-0.2, -0.15) is 0 Å². The summed E-state index contributed by atoms with van der Waals surface area (Å²) in [5, 5.41) is 22.4. The van der Waals surface area contributed by atoms with Gasteiger partial charge in [0.2, 0.25) is 0 Å². The van der Waals surface area contributed by atoms with Gasteiger partial charge in [-0.15, -0.1) is 0 Å². The van der Waals surface area contributed by atoms with Crippen molar-refractivity contribution in [1.82, 2.24) is 0 Å². The lowest BCUT2D eigenvalue weighted by atomic mass is 10.0. The quantitative estimate of drug-likeness (QED) is 0.655. The van der Waals surface area contributed by atoms with E-state index >= 15 is 0 Å². The van der Waals surface area contributed by atoms with Crippen LogP contribution < -0.4 is 0 Å². The highest BCUT2D eigenvalue weighted by Crippen LogP contribution is 2.28. The number of allylic oxidation sites excluding steroid dienone is 1. The maximum atomic E-state index is 9.10. The molecule has 1 aliphatic rings. The zero-order valence-corrected chi connectivity index (χ0v) is 11.0. The van der Waals surface area contributed by atoms with Crippen LogP contribution in [-0.4, -0.2) is 33.5 Å². The summed E-state index contributed by atoms with van der Waals surface area (Å²) in [5.74, 6) is -2.09. The first-order chi connectivity index (χ1) is 8.06. The van der Waals surface area contributed by atoms with E-state index in [2.05, 4.69) is 13.8 Å². The predicted molar refractivity (Wildman–Crippen MR) is 65.7 cm³/mol. The van der Waals surface area contributed by atoms with Crippen molar-refractivity contribution in [3.05, 3.63) is 11.8 Å². The Labute approximate surface area is 106 Å². The van der Waals surface area contributed by atoms with Crippen molar-refractivity contribution in [1.29, 1.82) is 5.41 Å². The van der Waals surface area contributed by atoms with E-state index in [1.807, 2.05) is 19.9 Å². The van der Waals surface area contributed by atoms with Crippen LogP contribution in [0.1, 0.15) is 34.1 Å². The molecule has 0 aromatic carbocycles. The molecule has 0 radical (unpaired) electrons. The van der Waals surface area contributed by atoms with Gasteiger partial charge in [0.05, 0.1) is 11.5 Å². The molecule has 6 nitrogen and oxygen atoms in total. The van der Waals surface area contributed by atoms with E-state index in [9.17, 15) is 0 Å². The van der Waals surface area contributed by atoms with Crippen LogP contribution in [0, 0.1) is 11.3 Å². The molecule has 18 heavy (non-hydrogen) atoms. The second-order valence-electron chi connectivity index (χ2n) is 4.84. The SMILES string of the molecule is CC(C)CC1=CC(=N)C(C)(C)O1.O=C(O)C(=O)O. The molecule has 0 amide bonds. The van der Waals surface area contributed by atoms with Crippen molar-refractivity contribution < 1.29 is 24.5 Å². The highest BCUT2D eigenvalue weighted by atomic mass is 16.5. The van der Waals surface area contributed by atoms with Crippen LogP contribution in [0.4, 0.5) is 0 Å². The highest BCUT2D eigenvalue weighted by Gasteiger charge is 2.31. The van der Waals surface area contributed by atoms with Gasteiger partial charge in [0.25, 0.3) is 0 Å². The van der Waals surface area contributed by atoms with Crippen LogP contribution in [0.25, 0.3) is 0 Å². The molecule has 0 bridgehead atoms. The van der Waals surface area contributed by atoms with E-state index in [4.69, 9.17) is 29.9 Å². The third-order valence-corrected chi connectivity index (χ3v) is 2.13. The lowest BCUT2D eigenvalue weighted by molar-refractivity contribution is -0.159. The monoisotopic (exact) mass is 257 g/mol. The Morgan fingerprint density at radius 2 is 1.78 bits per heavy atom. The van der Waals surface area contributed by atoms with Gasteiger partial charge in [-0.25, -0.2) is 9.59 Å². The first kappa shape index (κ1) is 16.1. The third kappa shape index (κ3) is 5.47. The first-order valence-electron chi connectivity index (χ1n) is 5.51. The first-order valence-corrected chi connectivity index (χ1v) is 5.51. The van der Waals surface area contributed by atoms with Crippen molar-refractivity contribution in [3.8, 4) is 0 Å². The number of carboxylic acids is 2. The van der Waals surface area contributed by atoms with Crippen molar-refractivity contribution in [2.75, 3.05) is 0 Å². The van der Waals surface area contributed by atoms with E-state index in [0.717, 1.165) is 12.2 Å². The van der Waals surface area contributed by atoms with Crippen molar-refractivity contribution in [2.45, 2.75) is 39.7 Å². The maximum Gasteiger partial charge on any atom is 0.414 e. The Morgan fingerprint density at radius 3 is 2.00 bits per heavy atom. The molecule has 0 aromatic rings. The van der Waals surface area contributed by atoms with Crippen molar-refractivity contribution >= 4 is 17.7 Å². The van der Waals surface area contributed by atoms with Gasteiger partial charge in [-0.3, -0.25) is 0 Å². The lowest BCUT2D eigenvalue weighted by Crippen LogP contribution is -2.27. The van der Waals surface area contributed by atoms with Crippen LogP contribution in [0.5, 0.6) is 0 Å². The van der Waals surface area contributed by atoms with Crippen LogP contribution in [0.2, 0.25) is 0 Å². The third-order valence-electron chi connectivity index (χ3n) is 2.13. The number of carboxylic acid groups (broad SMARTS) is 2. The molecule has 0 fully saturated rings. The van der Waals surface area contributed by atoms with Crippen LogP contribution in [0.3, 0.4) is 0 Å². The summed E-state index contributed by atoms with van der Waals surface area (Å²) < 4.78 is 5.61. The van der Waals surface area contributed by atoms with Crippen LogP contribution in [0.15, 0.2) is 11.8 Å². The molecule has 0 aliphatic carbocycles. The normalized spacial score (nSPS) is 16.5. The standard InChI is InChI=1S/C10H17NO.C2H2O4/c1-7(2)5-8-6-9(11)10(3,4)12-8;3-1(4)2(5)6/h6-7,11H,5H2,1-4H3;(H,3,4)(H,5,6). The Kier molecular flexibility index (Phi) is 5.55. The average Bonchev–Trinajstić information content (AvgIpc) is 2.39. The molecule has 102 valence electrons. The van der Waals surface area contributed by atoms with Crippen molar-refractivity contribution in [2.24, 2.45) is 5.92 Å². The molecule has 1 aliphatic heterocycles. The number of carbonyl (C=O) groups is 2. The zero-order chi connectivity index (χ0) is 14.5. The predicted octanol–water partition coefficient (Wildman–Crippen LogP) is 1.90. The molecule has 3 N–H and O–H groups in total. The summed E-state index contributed by atoms with van der Waals surface area (Å²) in [6.07, 6.45) is 2.78. The molecule has 1 heterocycles. The summed E-state index contributed by atoms with van der Waals surface area (Å²) in [4.78, 5) is 18.2. The van der Waals surface area contributed by atoms with Crippen LogP contribution >= 0.6 is 0 Å². The fourth-order valence-corrected chi connectivity index (χ4v) is 1.25. The summed E-state index contributed by atoms with van der Waals surface area (Å²) in [6.45, 7) is 8.16. The molecule has 0 spiro atoms. The molecule has 0 aromatic heterocycles. The van der Waals surface area contributed by atoms with Crippen molar-refractivity contribution in [3.63, 3.8) is 0 Å². The Bertz CT molecular complexity index is 370. The molecule has 6 heteroatoms. The molecular formula is C12H19NO5. The van der Waals surface area contributed by atoms with E-state index < -0.39 is 17.5 Å². The zero-order valence-electron chi connectivity index (χ0n) is 11.0. The van der Waals surface area contributed by atoms with E-state index in [1.54, 1.807) is 0 Å². The van der Waals surface area contributed by atoms with Gasteiger partial charge in [-0.1, -0.05) is 13.8 Å². The number of rotatable bonds is 2.